The Bertz CT molecular complexity index is 189. The molecular formula is C7H10O3. The molecule has 2 N–H and O–H groups in total. The number of fused-ring (bicyclic) bond motifs is 1. The van der Waals surface area contributed by atoms with Gasteiger partial charge >= 0.3 is 5.97 Å². The summed E-state index contributed by atoms with van der Waals surface area (Å²) in [6.07, 6.45) is 2.27. The van der Waals surface area contributed by atoms with Gasteiger partial charge in [0.2, 0.25) is 0 Å². The van der Waals surface area contributed by atoms with Crippen molar-refractivity contribution in [2.45, 2.75) is 24.9 Å². The van der Waals surface area contributed by atoms with Crippen LogP contribution in [0.3, 0.4) is 0 Å². The van der Waals surface area contributed by atoms with Crippen molar-refractivity contribution in [2.75, 3.05) is 0 Å². The van der Waals surface area contributed by atoms with Crippen LogP contribution in [0.15, 0.2) is 0 Å². The minimum Gasteiger partial charge on any atom is -0.479 e. The molecule has 2 saturated carbocycles. The predicted molar refractivity (Wildman–Crippen MR) is 33.4 cm³/mol. The fourth-order valence-electron chi connectivity index (χ4n) is 2.01. The van der Waals surface area contributed by atoms with E-state index in [-0.39, 0.29) is 5.92 Å². The summed E-state index contributed by atoms with van der Waals surface area (Å²) in [6, 6.07) is 0. The molecule has 10 heavy (non-hydrogen) atoms. The van der Waals surface area contributed by atoms with Crippen molar-refractivity contribution >= 4 is 5.97 Å². The third-order valence-electron chi connectivity index (χ3n) is 2.80. The topological polar surface area (TPSA) is 57.5 Å². The number of carbonyl (C=O) groups is 1. The average molecular weight is 142 g/mol. The van der Waals surface area contributed by atoms with E-state index in [4.69, 9.17) is 5.11 Å². The molecule has 0 radical (unpaired) electrons. The zero-order valence-corrected chi connectivity index (χ0v) is 5.58. The van der Waals surface area contributed by atoms with Gasteiger partial charge in [-0.1, -0.05) is 0 Å². The molecule has 0 aliphatic heterocycles. The number of carboxylic acids is 1. The van der Waals surface area contributed by atoms with Gasteiger partial charge in [-0.25, -0.2) is 4.79 Å². The molecule has 0 aromatic carbocycles. The Morgan fingerprint density at radius 3 is 2.50 bits per heavy atom. The fourth-order valence-corrected chi connectivity index (χ4v) is 2.01. The highest BCUT2D eigenvalue weighted by Crippen LogP contribution is 2.57. The van der Waals surface area contributed by atoms with Gasteiger partial charge in [-0.05, 0) is 25.2 Å². The van der Waals surface area contributed by atoms with Crippen molar-refractivity contribution < 1.29 is 15.0 Å². The van der Waals surface area contributed by atoms with Crippen molar-refractivity contribution in [1.29, 1.82) is 0 Å². The first-order valence-electron chi connectivity index (χ1n) is 3.60. The van der Waals surface area contributed by atoms with E-state index < -0.39 is 11.6 Å². The lowest BCUT2D eigenvalue weighted by atomic mass is 9.98. The maximum absolute atomic E-state index is 10.5. The highest BCUT2D eigenvalue weighted by Gasteiger charge is 2.61. The quantitative estimate of drug-likeness (QED) is 0.551. The van der Waals surface area contributed by atoms with Crippen LogP contribution in [0.2, 0.25) is 0 Å². The van der Waals surface area contributed by atoms with Crippen LogP contribution in [0, 0.1) is 11.8 Å². The number of aliphatic carboxylic acids is 1. The Hall–Kier alpha value is -0.570. The van der Waals surface area contributed by atoms with Crippen molar-refractivity contribution in [3.8, 4) is 0 Å². The van der Waals surface area contributed by atoms with Crippen molar-refractivity contribution in [1.82, 2.24) is 0 Å². The Morgan fingerprint density at radius 2 is 2.30 bits per heavy atom. The lowest BCUT2D eigenvalue weighted by Gasteiger charge is -2.17. The summed E-state index contributed by atoms with van der Waals surface area (Å²) in [5, 5.41) is 18.1. The number of aliphatic hydroxyl groups is 1. The number of rotatable bonds is 1. The molecule has 0 aromatic rings. The number of carboxylic acid groups (broad SMARTS) is 1. The van der Waals surface area contributed by atoms with E-state index in [0.717, 1.165) is 12.8 Å². The molecule has 2 aliphatic rings. The molecule has 3 atom stereocenters. The SMILES string of the molecule is O=C(O)C1(O)CCC2CC21. The lowest BCUT2D eigenvalue weighted by molar-refractivity contribution is -0.160. The summed E-state index contributed by atoms with van der Waals surface area (Å²) in [7, 11) is 0. The summed E-state index contributed by atoms with van der Waals surface area (Å²) < 4.78 is 0. The van der Waals surface area contributed by atoms with Gasteiger partial charge in [-0.3, -0.25) is 0 Å². The molecule has 2 rings (SSSR count). The van der Waals surface area contributed by atoms with Crippen LogP contribution in [0.4, 0.5) is 0 Å². The third-order valence-corrected chi connectivity index (χ3v) is 2.80. The van der Waals surface area contributed by atoms with Crippen LogP contribution >= 0.6 is 0 Å². The van der Waals surface area contributed by atoms with Gasteiger partial charge < -0.3 is 10.2 Å². The zero-order valence-electron chi connectivity index (χ0n) is 5.58. The maximum atomic E-state index is 10.5. The van der Waals surface area contributed by atoms with E-state index >= 15 is 0 Å². The van der Waals surface area contributed by atoms with Crippen LogP contribution < -0.4 is 0 Å². The van der Waals surface area contributed by atoms with Gasteiger partial charge in [-0.2, -0.15) is 0 Å². The van der Waals surface area contributed by atoms with Gasteiger partial charge in [0.15, 0.2) is 5.60 Å². The molecule has 0 saturated heterocycles. The first-order valence-corrected chi connectivity index (χ1v) is 3.60. The lowest BCUT2D eigenvalue weighted by Crippen LogP contribution is -2.38. The van der Waals surface area contributed by atoms with Gasteiger partial charge in [-0.15, -0.1) is 0 Å². The van der Waals surface area contributed by atoms with Crippen molar-refractivity contribution in [3.63, 3.8) is 0 Å². The molecule has 2 fully saturated rings. The van der Waals surface area contributed by atoms with Crippen LogP contribution in [0.25, 0.3) is 0 Å². The monoisotopic (exact) mass is 142 g/mol. The second kappa shape index (κ2) is 1.53. The van der Waals surface area contributed by atoms with Crippen molar-refractivity contribution in [2.24, 2.45) is 11.8 Å². The summed E-state index contributed by atoms with van der Waals surface area (Å²) >= 11 is 0. The van der Waals surface area contributed by atoms with Gasteiger partial charge in [0.1, 0.15) is 0 Å². The summed E-state index contributed by atoms with van der Waals surface area (Å²) in [6.45, 7) is 0. The van der Waals surface area contributed by atoms with Gasteiger partial charge in [0, 0.05) is 5.92 Å². The van der Waals surface area contributed by atoms with Gasteiger partial charge in [0.05, 0.1) is 0 Å². The van der Waals surface area contributed by atoms with E-state index in [2.05, 4.69) is 0 Å². The molecule has 3 nitrogen and oxygen atoms in total. The molecule has 0 amide bonds. The Balaban J connectivity index is 2.21. The van der Waals surface area contributed by atoms with Crippen LogP contribution in [0.1, 0.15) is 19.3 Å². The van der Waals surface area contributed by atoms with Gasteiger partial charge in [0.25, 0.3) is 0 Å². The summed E-state index contributed by atoms with van der Waals surface area (Å²) in [5.74, 6) is -0.441. The van der Waals surface area contributed by atoms with E-state index in [1.807, 2.05) is 0 Å². The number of hydrogen-bond acceptors (Lipinski definition) is 2. The second-order valence-electron chi connectivity index (χ2n) is 3.37. The minimum atomic E-state index is -1.36. The Labute approximate surface area is 58.7 Å². The van der Waals surface area contributed by atoms with E-state index in [1.54, 1.807) is 0 Å². The molecule has 0 heterocycles. The van der Waals surface area contributed by atoms with E-state index in [0.29, 0.717) is 12.3 Å². The smallest absolute Gasteiger partial charge is 0.335 e. The molecule has 0 bridgehead atoms. The highest BCUT2D eigenvalue weighted by molar-refractivity contribution is 5.78. The normalized spacial score (nSPS) is 50.5. The molecule has 3 heteroatoms. The van der Waals surface area contributed by atoms with E-state index in [9.17, 15) is 9.90 Å². The van der Waals surface area contributed by atoms with Crippen LogP contribution in [0.5, 0.6) is 0 Å². The molecule has 0 spiro atoms. The minimum absolute atomic E-state index is 0.0741. The van der Waals surface area contributed by atoms with Crippen molar-refractivity contribution in [3.05, 3.63) is 0 Å². The van der Waals surface area contributed by atoms with Crippen LogP contribution in [-0.2, 0) is 4.79 Å². The molecule has 3 unspecified atom stereocenters. The Kier molecular flexibility index (Phi) is 0.944. The molecule has 2 aliphatic carbocycles. The summed E-state index contributed by atoms with van der Waals surface area (Å²) in [5.41, 5.74) is -1.36. The summed E-state index contributed by atoms with van der Waals surface area (Å²) in [4.78, 5) is 10.5. The predicted octanol–water partition coefficient (Wildman–Crippen LogP) is 0.232. The average Bonchev–Trinajstić information content (AvgIpc) is 2.56. The van der Waals surface area contributed by atoms with Crippen LogP contribution in [-0.4, -0.2) is 21.8 Å². The second-order valence-corrected chi connectivity index (χ2v) is 3.37. The number of hydrogen-bond donors (Lipinski definition) is 2. The molecule has 0 aromatic heterocycles. The first kappa shape index (κ1) is 6.16. The molecular weight excluding hydrogens is 132 g/mol. The Morgan fingerprint density at radius 1 is 1.60 bits per heavy atom. The third kappa shape index (κ3) is 0.560. The maximum Gasteiger partial charge on any atom is 0.335 e. The van der Waals surface area contributed by atoms with E-state index in [1.165, 1.54) is 0 Å². The largest absolute Gasteiger partial charge is 0.479 e. The first-order chi connectivity index (χ1) is 4.64. The zero-order chi connectivity index (χ0) is 7.35. The highest BCUT2D eigenvalue weighted by atomic mass is 16.4. The fraction of sp³-hybridized carbons (Fsp3) is 0.857. The molecule has 56 valence electrons. The standard InChI is InChI=1S/C7H10O3/c8-6(9)7(10)2-1-4-3-5(4)7/h4-5,10H,1-3H2,(H,8,9).